The summed E-state index contributed by atoms with van der Waals surface area (Å²) in [7, 11) is 0. The molecule has 1 saturated heterocycles. The van der Waals surface area contributed by atoms with Crippen molar-refractivity contribution in [3.8, 4) is 0 Å². The third kappa shape index (κ3) is 3.91. The smallest absolute Gasteiger partial charge is 0.338 e. The second-order valence-corrected chi connectivity index (χ2v) is 5.94. The molecule has 0 saturated carbocycles. The van der Waals surface area contributed by atoms with E-state index in [-0.39, 0.29) is 29.5 Å². The predicted octanol–water partition coefficient (Wildman–Crippen LogP) is 2.33. The topological polar surface area (TPSA) is 106 Å². The zero-order valence-corrected chi connectivity index (χ0v) is 14.8. The van der Waals surface area contributed by atoms with Crippen LogP contribution >= 0.6 is 0 Å². The van der Waals surface area contributed by atoms with Crippen molar-refractivity contribution in [3.63, 3.8) is 0 Å². The third-order valence-corrected chi connectivity index (χ3v) is 4.32. The van der Waals surface area contributed by atoms with E-state index in [4.69, 9.17) is 9.15 Å². The highest BCUT2D eigenvalue weighted by atomic mass is 16.6. The molecule has 0 aliphatic carbocycles. The van der Waals surface area contributed by atoms with Gasteiger partial charge in [0.15, 0.2) is 5.76 Å². The van der Waals surface area contributed by atoms with Gasteiger partial charge in [-0.3, -0.25) is 14.9 Å². The van der Waals surface area contributed by atoms with Crippen molar-refractivity contribution in [2.75, 3.05) is 37.7 Å². The molecule has 3 rings (SSSR count). The van der Waals surface area contributed by atoms with E-state index in [9.17, 15) is 19.7 Å². The quantitative estimate of drug-likeness (QED) is 0.450. The lowest BCUT2D eigenvalue weighted by Crippen LogP contribution is -2.48. The molecule has 142 valence electrons. The van der Waals surface area contributed by atoms with Gasteiger partial charge < -0.3 is 19.0 Å². The fraction of sp³-hybridized carbons (Fsp3) is 0.333. The van der Waals surface area contributed by atoms with Crippen molar-refractivity contribution in [2.24, 2.45) is 0 Å². The average Bonchev–Trinajstić information content (AvgIpc) is 3.22. The minimum atomic E-state index is -0.596. The molecule has 1 amide bonds. The van der Waals surface area contributed by atoms with Gasteiger partial charge in [0, 0.05) is 32.2 Å². The standard InChI is InChI=1S/C18H19N3O6/c1-2-26-18(23)13-5-6-14(15(12-13)21(24)25)19-7-9-20(10-8-19)17(22)16-4-3-11-27-16/h3-6,11-12H,2,7-10H2,1H3. The Balaban J connectivity index is 1.74. The minimum Gasteiger partial charge on any atom is -0.462 e. The normalized spacial score (nSPS) is 14.1. The maximum Gasteiger partial charge on any atom is 0.338 e. The van der Waals surface area contributed by atoms with E-state index in [0.29, 0.717) is 31.9 Å². The number of piperazine rings is 1. The monoisotopic (exact) mass is 373 g/mol. The molecule has 2 aromatic rings. The van der Waals surface area contributed by atoms with E-state index in [1.165, 1.54) is 18.4 Å². The van der Waals surface area contributed by atoms with Crippen LogP contribution in [0.3, 0.4) is 0 Å². The molecule has 0 radical (unpaired) electrons. The summed E-state index contributed by atoms with van der Waals surface area (Å²) in [6.45, 7) is 3.56. The first-order valence-electron chi connectivity index (χ1n) is 8.54. The number of amides is 1. The van der Waals surface area contributed by atoms with E-state index in [0.717, 1.165) is 0 Å². The largest absolute Gasteiger partial charge is 0.462 e. The Morgan fingerprint density at radius 2 is 1.96 bits per heavy atom. The van der Waals surface area contributed by atoms with Crippen molar-refractivity contribution >= 4 is 23.3 Å². The molecule has 1 aromatic heterocycles. The van der Waals surface area contributed by atoms with Crippen molar-refractivity contribution in [1.29, 1.82) is 0 Å². The summed E-state index contributed by atoms with van der Waals surface area (Å²) in [5, 5.41) is 11.5. The summed E-state index contributed by atoms with van der Waals surface area (Å²) in [4.78, 5) is 38.6. The zero-order valence-electron chi connectivity index (χ0n) is 14.8. The molecular weight excluding hydrogens is 354 g/mol. The van der Waals surface area contributed by atoms with Gasteiger partial charge in [0.1, 0.15) is 5.69 Å². The molecule has 0 atom stereocenters. The number of hydrogen-bond acceptors (Lipinski definition) is 7. The fourth-order valence-corrected chi connectivity index (χ4v) is 2.99. The van der Waals surface area contributed by atoms with Crippen LogP contribution in [-0.2, 0) is 4.74 Å². The Morgan fingerprint density at radius 1 is 1.22 bits per heavy atom. The summed E-state index contributed by atoms with van der Waals surface area (Å²) < 4.78 is 10.0. The van der Waals surface area contributed by atoms with Crippen molar-refractivity contribution in [3.05, 3.63) is 58.0 Å². The second kappa shape index (κ2) is 7.90. The summed E-state index contributed by atoms with van der Waals surface area (Å²) in [5.41, 5.74) is 0.392. The third-order valence-electron chi connectivity index (χ3n) is 4.32. The minimum absolute atomic E-state index is 0.138. The predicted molar refractivity (Wildman–Crippen MR) is 95.9 cm³/mol. The number of nitrogens with zero attached hydrogens (tertiary/aromatic N) is 3. The number of furan rings is 1. The first-order valence-corrected chi connectivity index (χ1v) is 8.54. The number of carbonyl (C=O) groups excluding carboxylic acids is 2. The van der Waals surface area contributed by atoms with Gasteiger partial charge in [0.2, 0.25) is 0 Å². The highest BCUT2D eigenvalue weighted by molar-refractivity contribution is 5.92. The first kappa shape index (κ1) is 18.4. The summed E-state index contributed by atoms with van der Waals surface area (Å²) in [6, 6.07) is 7.55. The van der Waals surface area contributed by atoms with Crippen LogP contribution in [0.2, 0.25) is 0 Å². The molecule has 0 unspecified atom stereocenters. The molecule has 1 aliphatic rings. The Bertz CT molecular complexity index is 841. The van der Waals surface area contributed by atoms with Crippen LogP contribution in [0.4, 0.5) is 11.4 Å². The number of hydrogen-bond donors (Lipinski definition) is 0. The second-order valence-electron chi connectivity index (χ2n) is 5.94. The lowest BCUT2D eigenvalue weighted by Gasteiger charge is -2.35. The highest BCUT2D eigenvalue weighted by Crippen LogP contribution is 2.30. The van der Waals surface area contributed by atoms with E-state index < -0.39 is 10.9 Å². The molecule has 27 heavy (non-hydrogen) atoms. The number of esters is 1. The SMILES string of the molecule is CCOC(=O)c1ccc(N2CCN(C(=O)c3ccco3)CC2)c([N+](=O)[O-])c1. The molecule has 0 N–H and O–H groups in total. The lowest BCUT2D eigenvalue weighted by molar-refractivity contribution is -0.384. The lowest BCUT2D eigenvalue weighted by atomic mass is 10.1. The van der Waals surface area contributed by atoms with Gasteiger partial charge in [-0.15, -0.1) is 0 Å². The Kier molecular flexibility index (Phi) is 5.39. The summed E-state index contributed by atoms with van der Waals surface area (Å²) in [5.74, 6) is -0.527. The van der Waals surface area contributed by atoms with Crippen LogP contribution in [0.15, 0.2) is 41.0 Å². The average molecular weight is 373 g/mol. The van der Waals surface area contributed by atoms with Crippen LogP contribution < -0.4 is 4.90 Å². The number of rotatable bonds is 5. The van der Waals surface area contributed by atoms with E-state index in [1.54, 1.807) is 30.0 Å². The van der Waals surface area contributed by atoms with Crippen LogP contribution in [0.1, 0.15) is 27.8 Å². The molecule has 9 heteroatoms. The molecule has 0 spiro atoms. The highest BCUT2D eigenvalue weighted by Gasteiger charge is 2.28. The van der Waals surface area contributed by atoms with Gasteiger partial charge in [0.05, 0.1) is 23.4 Å². The van der Waals surface area contributed by atoms with Gasteiger partial charge >= 0.3 is 5.97 Å². The molecule has 1 fully saturated rings. The number of anilines is 1. The zero-order chi connectivity index (χ0) is 19.4. The summed E-state index contributed by atoms with van der Waals surface area (Å²) >= 11 is 0. The molecule has 0 bridgehead atoms. The number of ether oxygens (including phenoxy) is 1. The molecule has 1 aromatic carbocycles. The van der Waals surface area contributed by atoms with Gasteiger partial charge in [-0.05, 0) is 31.2 Å². The van der Waals surface area contributed by atoms with E-state index >= 15 is 0 Å². The molecular formula is C18H19N3O6. The Hall–Kier alpha value is -3.36. The van der Waals surface area contributed by atoms with Gasteiger partial charge in [0.25, 0.3) is 11.6 Å². The number of nitro benzene ring substituents is 1. The molecule has 1 aliphatic heterocycles. The maximum atomic E-state index is 12.3. The van der Waals surface area contributed by atoms with Crippen molar-refractivity contribution in [2.45, 2.75) is 6.92 Å². The van der Waals surface area contributed by atoms with Crippen LogP contribution in [0.25, 0.3) is 0 Å². The van der Waals surface area contributed by atoms with Crippen LogP contribution in [0, 0.1) is 10.1 Å². The maximum absolute atomic E-state index is 12.3. The van der Waals surface area contributed by atoms with Crippen molar-refractivity contribution in [1.82, 2.24) is 4.90 Å². The number of nitro groups is 1. The Labute approximate surface area is 155 Å². The fourth-order valence-electron chi connectivity index (χ4n) is 2.99. The van der Waals surface area contributed by atoms with Crippen LogP contribution in [-0.4, -0.2) is 54.5 Å². The van der Waals surface area contributed by atoms with E-state index in [1.807, 2.05) is 4.90 Å². The van der Waals surface area contributed by atoms with Crippen LogP contribution in [0.5, 0.6) is 0 Å². The Morgan fingerprint density at radius 3 is 2.56 bits per heavy atom. The van der Waals surface area contributed by atoms with E-state index in [2.05, 4.69) is 0 Å². The van der Waals surface area contributed by atoms with Gasteiger partial charge in [-0.2, -0.15) is 0 Å². The first-order chi connectivity index (χ1) is 13.0. The molecule has 9 nitrogen and oxygen atoms in total. The summed E-state index contributed by atoms with van der Waals surface area (Å²) in [6.07, 6.45) is 1.44. The number of carbonyl (C=O) groups is 2. The number of benzene rings is 1. The van der Waals surface area contributed by atoms with Gasteiger partial charge in [-0.25, -0.2) is 4.79 Å². The molecule has 2 heterocycles. The van der Waals surface area contributed by atoms with Gasteiger partial charge in [-0.1, -0.05) is 0 Å². The van der Waals surface area contributed by atoms with Crippen molar-refractivity contribution < 1.29 is 23.7 Å².